The Balaban J connectivity index is 2.10. The summed E-state index contributed by atoms with van der Waals surface area (Å²) in [6.45, 7) is 1.45. The van der Waals surface area contributed by atoms with Crippen molar-refractivity contribution in [1.29, 1.82) is 0 Å². The van der Waals surface area contributed by atoms with Gasteiger partial charge in [-0.15, -0.1) is 11.3 Å². The van der Waals surface area contributed by atoms with Crippen molar-refractivity contribution in [2.75, 3.05) is 27.2 Å². The highest BCUT2D eigenvalue weighted by Gasteiger charge is 2.15. The second-order valence-electron chi connectivity index (χ2n) is 4.26. The number of rotatable bonds is 5. The molecule has 2 aromatic heterocycles. The van der Waals surface area contributed by atoms with Crippen molar-refractivity contribution < 1.29 is 4.79 Å². The van der Waals surface area contributed by atoms with Crippen LogP contribution in [0.1, 0.15) is 9.67 Å². The molecule has 19 heavy (non-hydrogen) atoms. The maximum atomic E-state index is 12.1. The summed E-state index contributed by atoms with van der Waals surface area (Å²) in [5.41, 5.74) is 0.935. The van der Waals surface area contributed by atoms with Crippen LogP contribution in [0.5, 0.6) is 0 Å². The predicted molar refractivity (Wildman–Crippen MR) is 75.2 cm³/mol. The van der Waals surface area contributed by atoms with E-state index in [1.165, 1.54) is 11.3 Å². The Morgan fingerprint density at radius 1 is 1.53 bits per heavy atom. The molecule has 0 bridgehead atoms. The molecule has 102 valence electrons. The third-order valence-corrected chi connectivity index (χ3v) is 3.75. The highest BCUT2D eigenvalue weighted by molar-refractivity contribution is 7.16. The summed E-state index contributed by atoms with van der Waals surface area (Å²) in [6, 6.07) is 0. The van der Waals surface area contributed by atoms with Gasteiger partial charge in [0.25, 0.3) is 5.91 Å². The smallest absolute Gasteiger partial charge is 0.265 e. The van der Waals surface area contributed by atoms with Gasteiger partial charge in [-0.1, -0.05) is 0 Å². The standard InChI is InChI=1S/C12H17N5OS/c1-13-4-5-16(2)12(18)10-7-14-11(19-10)9-6-15-17(3)8-9/h6-8,13H,4-5H2,1-3H3. The molecular formula is C12H17N5OS. The highest BCUT2D eigenvalue weighted by atomic mass is 32.1. The molecule has 0 saturated heterocycles. The van der Waals surface area contributed by atoms with Crippen LogP contribution in [0.2, 0.25) is 0 Å². The van der Waals surface area contributed by atoms with E-state index in [1.807, 2.05) is 20.3 Å². The zero-order valence-corrected chi connectivity index (χ0v) is 12.1. The molecule has 0 aromatic carbocycles. The van der Waals surface area contributed by atoms with Crippen molar-refractivity contribution >= 4 is 17.2 Å². The summed E-state index contributed by atoms with van der Waals surface area (Å²) in [7, 11) is 5.52. The Kier molecular flexibility index (Phi) is 4.28. The summed E-state index contributed by atoms with van der Waals surface area (Å²) < 4.78 is 1.72. The third-order valence-electron chi connectivity index (χ3n) is 2.71. The number of likely N-dealkylation sites (N-methyl/N-ethyl adjacent to an activating group) is 2. The molecule has 6 nitrogen and oxygen atoms in total. The first-order chi connectivity index (χ1) is 9.11. The van der Waals surface area contributed by atoms with Crippen molar-refractivity contribution in [1.82, 2.24) is 25.0 Å². The van der Waals surface area contributed by atoms with Crippen LogP contribution in [0.3, 0.4) is 0 Å². The van der Waals surface area contributed by atoms with E-state index in [4.69, 9.17) is 0 Å². The lowest BCUT2D eigenvalue weighted by atomic mass is 10.4. The number of carbonyl (C=O) groups excluding carboxylic acids is 1. The minimum atomic E-state index is 0.00268. The van der Waals surface area contributed by atoms with Crippen molar-refractivity contribution in [2.45, 2.75) is 0 Å². The highest BCUT2D eigenvalue weighted by Crippen LogP contribution is 2.25. The quantitative estimate of drug-likeness (QED) is 0.881. The molecule has 0 aliphatic carbocycles. The number of nitrogens with zero attached hydrogens (tertiary/aromatic N) is 4. The first-order valence-electron chi connectivity index (χ1n) is 5.96. The monoisotopic (exact) mass is 279 g/mol. The number of amides is 1. The Morgan fingerprint density at radius 3 is 2.95 bits per heavy atom. The van der Waals surface area contributed by atoms with Gasteiger partial charge >= 0.3 is 0 Å². The number of nitrogens with one attached hydrogen (secondary N) is 1. The first kappa shape index (κ1) is 13.7. The van der Waals surface area contributed by atoms with Gasteiger partial charge in [-0.3, -0.25) is 9.48 Å². The van der Waals surface area contributed by atoms with E-state index in [-0.39, 0.29) is 5.91 Å². The molecule has 2 rings (SSSR count). The SMILES string of the molecule is CNCCN(C)C(=O)c1cnc(-c2cnn(C)c2)s1. The van der Waals surface area contributed by atoms with E-state index in [0.29, 0.717) is 11.4 Å². The Bertz CT molecular complexity index is 562. The van der Waals surface area contributed by atoms with Crippen molar-refractivity contribution in [3.05, 3.63) is 23.5 Å². The van der Waals surface area contributed by atoms with E-state index in [1.54, 1.807) is 29.0 Å². The van der Waals surface area contributed by atoms with E-state index < -0.39 is 0 Å². The topological polar surface area (TPSA) is 63.1 Å². The van der Waals surface area contributed by atoms with Crippen LogP contribution in [0.4, 0.5) is 0 Å². The number of hydrogen-bond donors (Lipinski definition) is 1. The molecule has 1 N–H and O–H groups in total. The number of thiazole rings is 1. The van der Waals surface area contributed by atoms with Crippen LogP contribution >= 0.6 is 11.3 Å². The lowest BCUT2D eigenvalue weighted by Gasteiger charge is -2.15. The van der Waals surface area contributed by atoms with Crippen LogP contribution in [0, 0.1) is 0 Å². The second-order valence-corrected chi connectivity index (χ2v) is 5.29. The summed E-state index contributed by atoms with van der Waals surface area (Å²) in [4.78, 5) is 18.8. The van der Waals surface area contributed by atoms with Gasteiger partial charge in [0.05, 0.1) is 12.4 Å². The van der Waals surface area contributed by atoms with Gasteiger partial charge in [0.15, 0.2) is 0 Å². The van der Waals surface area contributed by atoms with Gasteiger partial charge in [0.1, 0.15) is 9.88 Å². The van der Waals surface area contributed by atoms with Crippen molar-refractivity contribution in [3.63, 3.8) is 0 Å². The molecule has 7 heteroatoms. The molecule has 0 unspecified atom stereocenters. The minimum Gasteiger partial charge on any atom is -0.340 e. The Hall–Kier alpha value is -1.73. The van der Waals surface area contributed by atoms with Gasteiger partial charge in [0, 0.05) is 38.9 Å². The van der Waals surface area contributed by atoms with Gasteiger partial charge in [-0.2, -0.15) is 5.10 Å². The fourth-order valence-corrected chi connectivity index (χ4v) is 2.49. The van der Waals surface area contributed by atoms with Gasteiger partial charge in [-0.05, 0) is 7.05 Å². The van der Waals surface area contributed by atoms with Crippen molar-refractivity contribution in [3.8, 4) is 10.6 Å². The molecular weight excluding hydrogens is 262 g/mol. The van der Waals surface area contributed by atoms with E-state index in [0.717, 1.165) is 17.1 Å². The Labute approximate surface area is 116 Å². The van der Waals surface area contributed by atoms with E-state index >= 15 is 0 Å². The first-order valence-corrected chi connectivity index (χ1v) is 6.78. The number of hydrogen-bond acceptors (Lipinski definition) is 5. The minimum absolute atomic E-state index is 0.00268. The molecule has 0 radical (unpaired) electrons. The number of aromatic nitrogens is 3. The van der Waals surface area contributed by atoms with Crippen LogP contribution in [-0.4, -0.2) is 52.8 Å². The zero-order chi connectivity index (χ0) is 13.8. The van der Waals surface area contributed by atoms with Crippen LogP contribution < -0.4 is 5.32 Å². The summed E-state index contributed by atoms with van der Waals surface area (Å²) >= 11 is 1.39. The van der Waals surface area contributed by atoms with Crippen molar-refractivity contribution in [2.24, 2.45) is 7.05 Å². The molecule has 2 aromatic rings. The lowest BCUT2D eigenvalue weighted by Crippen LogP contribution is -2.32. The van der Waals surface area contributed by atoms with E-state index in [2.05, 4.69) is 15.4 Å². The third kappa shape index (κ3) is 3.18. The van der Waals surface area contributed by atoms with Crippen LogP contribution in [0.15, 0.2) is 18.6 Å². The van der Waals surface area contributed by atoms with Crippen LogP contribution in [-0.2, 0) is 7.05 Å². The molecule has 0 aliphatic heterocycles. The average molecular weight is 279 g/mol. The van der Waals surface area contributed by atoms with E-state index in [9.17, 15) is 4.79 Å². The molecule has 0 fully saturated rings. The fourth-order valence-electron chi connectivity index (χ4n) is 1.61. The summed E-state index contributed by atoms with van der Waals surface area (Å²) in [6.07, 6.45) is 5.26. The van der Waals surface area contributed by atoms with Gasteiger partial charge < -0.3 is 10.2 Å². The predicted octanol–water partition coefficient (Wildman–Crippen LogP) is 0.835. The van der Waals surface area contributed by atoms with Gasteiger partial charge in [0.2, 0.25) is 0 Å². The Morgan fingerprint density at radius 2 is 2.32 bits per heavy atom. The summed E-state index contributed by atoms with van der Waals surface area (Å²) in [5.74, 6) is 0.00268. The number of aryl methyl sites for hydroxylation is 1. The van der Waals surface area contributed by atoms with Gasteiger partial charge in [-0.25, -0.2) is 4.98 Å². The normalized spacial score (nSPS) is 10.7. The molecule has 1 amide bonds. The molecule has 2 heterocycles. The maximum Gasteiger partial charge on any atom is 0.265 e. The zero-order valence-electron chi connectivity index (χ0n) is 11.3. The molecule has 0 aliphatic rings. The second kappa shape index (κ2) is 5.94. The van der Waals surface area contributed by atoms with Crippen LogP contribution in [0.25, 0.3) is 10.6 Å². The summed E-state index contributed by atoms with van der Waals surface area (Å²) in [5, 5.41) is 7.94. The fraction of sp³-hybridized carbons (Fsp3) is 0.417. The number of carbonyl (C=O) groups is 1. The average Bonchev–Trinajstić information content (AvgIpc) is 3.03. The largest absolute Gasteiger partial charge is 0.340 e. The maximum absolute atomic E-state index is 12.1. The molecule has 0 spiro atoms. The molecule has 0 atom stereocenters. The lowest BCUT2D eigenvalue weighted by molar-refractivity contribution is 0.0801. The molecule has 0 saturated carbocycles.